The molecule has 1 unspecified atom stereocenters. The SMILES string of the molecule is CCC1(c2ccccc2)C(=O)N=C([Se])NC1=O. The summed E-state index contributed by atoms with van der Waals surface area (Å²) in [5.74, 6) is -0.733. The Morgan fingerprint density at radius 2 is 1.94 bits per heavy atom. The number of hydrogen-bond donors (Lipinski definition) is 1. The average Bonchev–Trinajstić information content (AvgIpc) is 2.30. The molecule has 5 heteroatoms. The van der Waals surface area contributed by atoms with E-state index in [1.165, 1.54) is 0 Å². The van der Waals surface area contributed by atoms with Crippen LogP contribution in [0.4, 0.5) is 0 Å². The third-order valence-corrected chi connectivity index (χ3v) is 3.38. The monoisotopic (exact) mass is 295 g/mol. The second-order valence-corrected chi connectivity index (χ2v) is 4.61. The molecule has 2 rings (SSSR count). The minimum atomic E-state index is -1.19. The Kier molecular flexibility index (Phi) is 3.13. The Balaban J connectivity index is 2.59. The van der Waals surface area contributed by atoms with E-state index >= 15 is 0 Å². The molecule has 4 nitrogen and oxygen atoms in total. The molecule has 0 saturated heterocycles. The molecule has 1 aromatic rings. The number of benzene rings is 1. The quantitative estimate of drug-likeness (QED) is 0.638. The summed E-state index contributed by atoms with van der Waals surface area (Å²) in [6, 6.07) is 9.03. The molecule has 0 bridgehead atoms. The second-order valence-electron chi connectivity index (χ2n) is 3.80. The number of carbonyl (C=O) groups excluding carboxylic acids is 2. The van der Waals surface area contributed by atoms with E-state index < -0.39 is 11.3 Å². The van der Waals surface area contributed by atoms with Gasteiger partial charge in [-0.15, -0.1) is 0 Å². The van der Waals surface area contributed by atoms with Crippen LogP contribution in [0.1, 0.15) is 18.9 Å². The summed E-state index contributed by atoms with van der Waals surface area (Å²) < 4.78 is 0.236. The fourth-order valence-electron chi connectivity index (χ4n) is 2.01. The first kappa shape index (κ1) is 12.0. The number of nitrogens with zero attached hydrogens (tertiary/aromatic N) is 1. The number of amidine groups is 1. The van der Waals surface area contributed by atoms with E-state index in [2.05, 4.69) is 26.3 Å². The van der Waals surface area contributed by atoms with Gasteiger partial charge in [-0.3, -0.25) is 0 Å². The molecule has 1 radical (unpaired) electrons. The van der Waals surface area contributed by atoms with Crippen LogP contribution in [0.15, 0.2) is 35.3 Å². The van der Waals surface area contributed by atoms with Gasteiger partial charge in [0.25, 0.3) is 0 Å². The molecular formula is C12H11N2O2Se. The van der Waals surface area contributed by atoms with Crippen LogP contribution in [-0.4, -0.2) is 32.6 Å². The summed E-state index contributed by atoms with van der Waals surface area (Å²) in [5, 5.41) is 2.58. The standard InChI is InChI=1S/C12H11N2O2Se/c1-2-12(8-6-4-3-5-7-8)9(15)13-11(17)14-10(12)16/h3-7H,2H2,1H3,(H,13,14,15,16). The van der Waals surface area contributed by atoms with Gasteiger partial charge < -0.3 is 0 Å². The van der Waals surface area contributed by atoms with E-state index in [9.17, 15) is 9.59 Å². The van der Waals surface area contributed by atoms with E-state index in [0.717, 1.165) is 0 Å². The Morgan fingerprint density at radius 1 is 1.29 bits per heavy atom. The van der Waals surface area contributed by atoms with Gasteiger partial charge in [-0.2, -0.15) is 0 Å². The van der Waals surface area contributed by atoms with Crippen LogP contribution < -0.4 is 5.32 Å². The van der Waals surface area contributed by atoms with Crippen LogP contribution in [0.2, 0.25) is 0 Å². The first-order chi connectivity index (χ1) is 8.11. The number of hydrogen-bond acceptors (Lipinski definition) is 2. The maximum absolute atomic E-state index is 12.1. The van der Waals surface area contributed by atoms with E-state index in [0.29, 0.717) is 12.0 Å². The number of rotatable bonds is 2. The van der Waals surface area contributed by atoms with Crippen molar-refractivity contribution in [2.45, 2.75) is 18.8 Å². The van der Waals surface area contributed by atoms with Gasteiger partial charge in [0.15, 0.2) is 0 Å². The third kappa shape index (κ3) is 1.81. The summed E-state index contributed by atoms with van der Waals surface area (Å²) in [7, 11) is 0. The molecule has 1 heterocycles. The van der Waals surface area contributed by atoms with Crippen molar-refractivity contribution in [2.75, 3.05) is 0 Å². The molecule has 0 saturated carbocycles. The average molecular weight is 294 g/mol. The van der Waals surface area contributed by atoms with Gasteiger partial charge in [0.2, 0.25) is 0 Å². The van der Waals surface area contributed by atoms with Crippen molar-refractivity contribution in [3.8, 4) is 0 Å². The Morgan fingerprint density at radius 3 is 2.47 bits per heavy atom. The zero-order chi connectivity index (χ0) is 12.5. The van der Waals surface area contributed by atoms with E-state index in [1.54, 1.807) is 12.1 Å². The van der Waals surface area contributed by atoms with Crippen molar-refractivity contribution < 1.29 is 9.59 Å². The van der Waals surface area contributed by atoms with Gasteiger partial charge in [0, 0.05) is 0 Å². The molecule has 0 aliphatic carbocycles. The predicted molar refractivity (Wildman–Crippen MR) is 64.7 cm³/mol. The molecule has 1 aliphatic heterocycles. The maximum atomic E-state index is 12.1. The summed E-state index contributed by atoms with van der Waals surface area (Å²) in [4.78, 5) is 28.1. The molecular weight excluding hydrogens is 283 g/mol. The Hall–Kier alpha value is -1.45. The van der Waals surface area contributed by atoms with Crippen LogP contribution in [0.5, 0.6) is 0 Å². The normalized spacial score (nSPS) is 24.2. The third-order valence-electron chi connectivity index (χ3n) is 2.97. The van der Waals surface area contributed by atoms with Gasteiger partial charge in [-0.25, -0.2) is 0 Å². The van der Waals surface area contributed by atoms with Crippen LogP contribution in [-0.2, 0) is 15.0 Å². The number of nitrogens with one attached hydrogen (secondary N) is 1. The molecule has 87 valence electrons. The van der Waals surface area contributed by atoms with Crippen LogP contribution in [0.3, 0.4) is 0 Å². The topological polar surface area (TPSA) is 58.5 Å². The van der Waals surface area contributed by atoms with Crippen molar-refractivity contribution in [1.29, 1.82) is 0 Å². The van der Waals surface area contributed by atoms with Gasteiger partial charge in [-0.1, -0.05) is 0 Å². The molecule has 2 amide bonds. The fraction of sp³-hybridized carbons (Fsp3) is 0.250. The van der Waals surface area contributed by atoms with Gasteiger partial charge in [0.1, 0.15) is 0 Å². The minimum absolute atomic E-state index is 0.236. The van der Waals surface area contributed by atoms with Crippen molar-refractivity contribution in [3.05, 3.63) is 35.9 Å². The second kappa shape index (κ2) is 4.43. The molecule has 0 aromatic heterocycles. The van der Waals surface area contributed by atoms with Crippen molar-refractivity contribution in [2.24, 2.45) is 4.99 Å². The fourth-order valence-corrected chi connectivity index (χ4v) is 2.38. The zero-order valence-corrected chi connectivity index (χ0v) is 11.0. The van der Waals surface area contributed by atoms with E-state index in [-0.39, 0.29) is 10.6 Å². The van der Waals surface area contributed by atoms with Gasteiger partial charge >= 0.3 is 107 Å². The van der Waals surface area contributed by atoms with Crippen molar-refractivity contribution >= 4 is 32.6 Å². The van der Waals surface area contributed by atoms with Crippen LogP contribution >= 0.6 is 0 Å². The van der Waals surface area contributed by atoms with Crippen molar-refractivity contribution in [1.82, 2.24) is 5.32 Å². The molecule has 1 atom stereocenters. The van der Waals surface area contributed by atoms with E-state index in [4.69, 9.17) is 0 Å². The number of carbonyl (C=O) groups is 2. The molecule has 0 spiro atoms. The summed E-state index contributed by atoms with van der Waals surface area (Å²) in [5.41, 5.74) is -0.504. The zero-order valence-electron chi connectivity index (χ0n) is 9.27. The summed E-state index contributed by atoms with van der Waals surface area (Å²) in [6.45, 7) is 1.81. The molecule has 1 aliphatic rings. The molecule has 1 N–H and O–H groups in total. The van der Waals surface area contributed by atoms with Gasteiger partial charge in [0.05, 0.1) is 0 Å². The first-order valence-electron chi connectivity index (χ1n) is 5.28. The summed E-state index contributed by atoms with van der Waals surface area (Å²) >= 11 is 2.55. The number of amides is 2. The Bertz CT molecular complexity index is 498. The summed E-state index contributed by atoms with van der Waals surface area (Å²) in [6.07, 6.45) is 0.387. The predicted octanol–water partition coefficient (Wildman–Crippen LogP) is 0.515. The van der Waals surface area contributed by atoms with Crippen molar-refractivity contribution in [3.63, 3.8) is 0 Å². The van der Waals surface area contributed by atoms with Gasteiger partial charge in [-0.05, 0) is 0 Å². The van der Waals surface area contributed by atoms with Crippen LogP contribution in [0.25, 0.3) is 0 Å². The Labute approximate surface area is 107 Å². The first-order valence-corrected chi connectivity index (χ1v) is 6.14. The molecule has 0 fully saturated rings. The molecule has 1 aromatic carbocycles. The van der Waals surface area contributed by atoms with E-state index in [1.807, 2.05) is 25.1 Å². The molecule has 17 heavy (non-hydrogen) atoms. The number of aliphatic imine (C=N–C) groups is 1. The van der Waals surface area contributed by atoms with Crippen LogP contribution in [0, 0.1) is 0 Å².